The van der Waals surface area contributed by atoms with Crippen LogP contribution in [0.2, 0.25) is 0 Å². The zero-order valence-electron chi connectivity index (χ0n) is 12.2. The maximum absolute atomic E-state index is 12.3. The molecule has 0 aliphatic carbocycles. The van der Waals surface area contributed by atoms with Gasteiger partial charge >= 0.3 is 0 Å². The number of hydrogen-bond acceptors (Lipinski definition) is 4. The number of phenols is 1. The SMILES string of the molecule is C=Cc1cc(C(=O)Nc2ccc(C)cc2)c(O)c(Br)c1[N+](=O)[O-]. The van der Waals surface area contributed by atoms with Gasteiger partial charge in [0, 0.05) is 5.69 Å². The second-order valence-electron chi connectivity index (χ2n) is 4.81. The summed E-state index contributed by atoms with van der Waals surface area (Å²) in [6.07, 6.45) is 1.25. The maximum Gasteiger partial charge on any atom is 0.294 e. The van der Waals surface area contributed by atoms with Crippen LogP contribution in [0.15, 0.2) is 41.4 Å². The van der Waals surface area contributed by atoms with Crippen molar-refractivity contribution in [3.05, 3.63) is 68.2 Å². The summed E-state index contributed by atoms with van der Waals surface area (Å²) >= 11 is 2.97. The molecule has 0 saturated heterocycles. The summed E-state index contributed by atoms with van der Waals surface area (Å²) in [6, 6.07) is 8.33. The number of nitrogens with one attached hydrogen (secondary N) is 1. The number of nitrogens with zero attached hydrogens (tertiary/aromatic N) is 1. The topological polar surface area (TPSA) is 92.5 Å². The van der Waals surface area contributed by atoms with Gasteiger partial charge in [0.05, 0.1) is 16.1 Å². The van der Waals surface area contributed by atoms with Crippen LogP contribution in [0.5, 0.6) is 5.75 Å². The summed E-state index contributed by atoms with van der Waals surface area (Å²) in [6.45, 7) is 5.42. The molecule has 1 amide bonds. The molecular formula is C16H13BrN2O4. The fraction of sp³-hybridized carbons (Fsp3) is 0.0625. The van der Waals surface area contributed by atoms with Crippen molar-refractivity contribution in [2.75, 3.05) is 5.32 Å². The lowest BCUT2D eigenvalue weighted by Gasteiger charge is -2.10. The molecule has 0 aliphatic rings. The van der Waals surface area contributed by atoms with Gasteiger partial charge in [-0.25, -0.2) is 0 Å². The van der Waals surface area contributed by atoms with E-state index in [1.54, 1.807) is 12.1 Å². The van der Waals surface area contributed by atoms with Gasteiger partial charge in [-0.3, -0.25) is 14.9 Å². The molecule has 0 bridgehead atoms. The number of hydrogen-bond donors (Lipinski definition) is 2. The van der Waals surface area contributed by atoms with Crippen molar-refractivity contribution < 1.29 is 14.8 Å². The van der Waals surface area contributed by atoms with E-state index in [2.05, 4.69) is 27.8 Å². The van der Waals surface area contributed by atoms with Crippen molar-refractivity contribution in [1.29, 1.82) is 0 Å². The third-order valence-electron chi connectivity index (χ3n) is 3.20. The number of benzene rings is 2. The predicted octanol–water partition coefficient (Wildman–Crippen LogP) is 4.27. The minimum Gasteiger partial charge on any atom is -0.506 e. The molecular weight excluding hydrogens is 364 g/mol. The van der Waals surface area contributed by atoms with Crippen molar-refractivity contribution in [2.45, 2.75) is 6.92 Å². The Labute approximate surface area is 140 Å². The highest BCUT2D eigenvalue weighted by Crippen LogP contribution is 2.39. The summed E-state index contributed by atoms with van der Waals surface area (Å²) in [4.78, 5) is 22.7. The van der Waals surface area contributed by atoms with Crippen LogP contribution in [-0.4, -0.2) is 15.9 Å². The van der Waals surface area contributed by atoms with E-state index in [0.717, 1.165) is 5.56 Å². The molecule has 0 fully saturated rings. The first-order valence-corrected chi connectivity index (χ1v) is 7.34. The molecule has 0 unspecified atom stereocenters. The number of aryl methyl sites for hydroxylation is 1. The van der Waals surface area contributed by atoms with Crippen LogP contribution < -0.4 is 5.32 Å². The van der Waals surface area contributed by atoms with Crippen molar-refractivity contribution in [2.24, 2.45) is 0 Å². The standard InChI is InChI=1S/C16H13BrN2O4/c1-3-10-8-12(15(20)13(17)14(10)19(22)23)16(21)18-11-6-4-9(2)5-7-11/h3-8,20H,1H2,2H3,(H,18,21). The molecule has 23 heavy (non-hydrogen) atoms. The van der Waals surface area contributed by atoms with E-state index in [4.69, 9.17) is 0 Å². The molecule has 0 atom stereocenters. The highest BCUT2D eigenvalue weighted by atomic mass is 79.9. The lowest BCUT2D eigenvalue weighted by atomic mass is 10.1. The van der Waals surface area contributed by atoms with Crippen LogP contribution in [0.4, 0.5) is 11.4 Å². The molecule has 0 saturated carbocycles. The van der Waals surface area contributed by atoms with Crippen LogP contribution in [0.1, 0.15) is 21.5 Å². The van der Waals surface area contributed by atoms with E-state index in [1.165, 1.54) is 12.1 Å². The first kappa shape index (κ1) is 16.7. The molecule has 2 aromatic rings. The van der Waals surface area contributed by atoms with E-state index in [9.17, 15) is 20.0 Å². The normalized spacial score (nSPS) is 10.2. The maximum atomic E-state index is 12.3. The number of nitro groups is 1. The van der Waals surface area contributed by atoms with Gasteiger partial charge in [0.1, 0.15) is 10.2 Å². The van der Waals surface area contributed by atoms with Gasteiger partial charge in [-0.15, -0.1) is 0 Å². The van der Waals surface area contributed by atoms with E-state index in [1.807, 2.05) is 19.1 Å². The van der Waals surface area contributed by atoms with E-state index >= 15 is 0 Å². The van der Waals surface area contributed by atoms with Crippen LogP contribution in [0.25, 0.3) is 6.08 Å². The van der Waals surface area contributed by atoms with Gasteiger partial charge in [0.25, 0.3) is 11.6 Å². The van der Waals surface area contributed by atoms with Gasteiger partial charge < -0.3 is 10.4 Å². The molecule has 6 nitrogen and oxygen atoms in total. The second kappa shape index (κ2) is 6.62. The Morgan fingerprint density at radius 2 is 2.00 bits per heavy atom. The minimum atomic E-state index is -0.650. The van der Waals surface area contributed by atoms with Crippen LogP contribution in [-0.2, 0) is 0 Å². The summed E-state index contributed by atoms with van der Waals surface area (Å²) in [5.74, 6) is -1.07. The fourth-order valence-corrected chi connectivity index (χ4v) is 2.59. The fourth-order valence-electron chi connectivity index (χ4n) is 2.00. The zero-order chi connectivity index (χ0) is 17.1. The lowest BCUT2D eigenvalue weighted by Crippen LogP contribution is -2.13. The number of anilines is 1. The number of carbonyl (C=O) groups is 1. The lowest BCUT2D eigenvalue weighted by molar-refractivity contribution is -0.385. The Hall–Kier alpha value is -2.67. The average Bonchev–Trinajstić information content (AvgIpc) is 2.51. The summed E-state index contributed by atoms with van der Waals surface area (Å²) in [5.41, 5.74) is 1.29. The van der Waals surface area contributed by atoms with Gasteiger partial charge in [0.2, 0.25) is 0 Å². The monoisotopic (exact) mass is 376 g/mol. The molecule has 7 heteroatoms. The van der Waals surface area contributed by atoms with Crippen molar-refractivity contribution in [1.82, 2.24) is 0 Å². The molecule has 2 aromatic carbocycles. The number of nitro benzene ring substituents is 1. The van der Waals surface area contributed by atoms with Crippen molar-refractivity contribution in [3.8, 4) is 5.75 Å². The molecule has 0 radical (unpaired) electrons. The van der Waals surface area contributed by atoms with Crippen molar-refractivity contribution >= 4 is 39.3 Å². The molecule has 0 spiro atoms. The number of carbonyl (C=O) groups excluding carboxylic acids is 1. The Morgan fingerprint density at radius 3 is 2.52 bits per heavy atom. The summed E-state index contributed by atoms with van der Waals surface area (Å²) < 4.78 is -0.158. The van der Waals surface area contributed by atoms with Crippen molar-refractivity contribution in [3.63, 3.8) is 0 Å². The number of aromatic hydroxyl groups is 1. The minimum absolute atomic E-state index is 0.0852. The number of phenolic OH excluding ortho intramolecular Hbond substituents is 1. The molecule has 0 aromatic heterocycles. The second-order valence-corrected chi connectivity index (χ2v) is 5.60. The van der Waals surface area contributed by atoms with Gasteiger partial charge in [0.15, 0.2) is 0 Å². The first-order valence-electron chi connectivity index (χ1n) is 6.55. The molecule has 118 valence electrons. The average molecular weight is 377 g/mol. The van der Waals surface area contributed by atoms with Crippen LogP contribution >= 0.6 is 15.9 Å². The quantitative estimate of drug-likeness (QED) is 0.615. The third kappa shape index (κ3) is 3.40. The number of amides is 1. The van der Waals surface area contributed by atoms with Gasteiger partial charge in [-0.2, -0.15) is 0 Å². The third-order valence-corrected chi connectivity index (χ3v) is 3.95. The Kier molecular flexibility index (Phi) is 4.80. The molecule has 2 rings (SSSR count). The molecule has 2 N–H and O–H groups in total. The summed E-state index contributed by atoms with van der Waals surface area (Å²) in [7, 11) is 0. The highest BCUT2D eigenvalue weighted by molar-refractivity contribution is 9.10. The predicted molar refractivity (Wildman–Crippen MR) is 91.7 cm³/mol. The van der Waals surface area contributed by atoms with Gasteiger partial charge in [-0.05, 0) is 41.1 Å². The first-order chi connectivity index (χ1) is 10.8. The largest absolute Gasteiger partial charge is 0.506 e. The Bertz CT molecular complexity index is 801. The van der Waals surface area contributed by atoms with E-state index < -0.39 is 16.6 Å². The Morgan fingerprint density at radius 1 is 1.39 bits per heavy atom. The highest BCUT2D eigenvalue weighted by Gasteiger charge is 2.26. The van der Waals surface area contributed by atoms with Crippen LogP contribution in [0, 0.1) is 17.0 Å². The summed E-state index contributed by atoms with van der Waals surface area (Å²) in [5, 5.41) is 23.8. The smallest absolute Gasteiger partial charge is 0.294 e. The van der Waals surface area contributed by atoms with E-state index in [-0.39, 0.29) is 21.3 Å². The molecule has 0 heterocycles. The van der Waals surface area contributed by atoms with Crippen LogP contribution in [0.3, 0.4) is 0 Å². The molecule has 0 aliphatic heterocycles. The zero-order valence-corrected chi connectivity index (χ0v) is 13.8. The Balaban J connectivity index is 2.44. The number of halogens is 1. The van der Waals surface area contributed by atoms with E-state index in [0.29, 0.717) is 5.69 Å². The number of rotatable bonds is 4. The van der Waals surface area contributed by atoms with Gasteiger partial charge in [-0.1, -0.05) is 30.4 Å².